The Morgan fingerprint density at radius 3 is 1.86 bits per heavy atom. The summed E-state index contributed by atoms with van der Waals surface area (Å²) in [5.74, 6) is -0.702. The first-order chi connectivity index (χ1) is 13.9. The first-order valence-corrected chi connectivity index (χ1v) is 9.20. The van der Waals surface area contributed by atoms with E-state index in [2.05, 4.69) is 5.32 Å². The lowest BCUT2D eigenvalue weighted by Crippen LogP contribution is -2.21. The molecular weight excluding hydrogens is 364 g/mol. The Bertz CT molecular complexity index is 1050. The number of hydrogen-bond acceptors (Lipinski definition) is 3. The Kier molecular flexibility index (Phi) is 5.88. The van der Waals surface area contributed by atoms with E-state index in [1.54, 1.807) is 74.8 Å². The van der Waals surface area contributed by atoms with E-state index in [0.717, 1.165) is 5.56 Å². The third-order valence-corrected chi connectivity index (χ3v) is 4.53. The third kappa shape index (κ3) is 4.58. The Balaban J connectivity index is 1.82. The molecule has 3 aromatic rings. The number of amides is 2. The van der Waals surface area contributed by atoms with Gasteiger partial charge >= 0.3 is 0 Å². The second-order valence-electron chi connectivity index (χ2n) is 6.97. The lowest BCUT2D eigenvalue weighted by atomic mass is 9.97. The van der Waals surface area contributed by atoms with Gasteiger partial charge in [-0.05, 0) is 37.3 Å². The van der Waals surface area contributed by atoms with Gasteiger partial charge in [0.2, 0.25) is 0 Å². The number of aryl methyl sites for hydroxylation is 1. The van der Waals surface area contributed by atoms with Crippen LogP contribution in [-0.4, -0.2) is 36.6 Å². The minimum absolute atomic E-state index is 0.114. The predicted octanol–water partition coefficient (Wildman–Crippen LogP) is 4.18. The van der Waals surface area contributed by atoms with Gasteiger partial charge in [-0.25, -0.2) is 0 Å². The summed E-state index contributed by atoms with van der Waals surface area (Å²) in [5, 5.41) is 2.79. The summed E-state index contributed by atoms with van der Waals surface area (Å²) in [6.45, 7) is 1.95. The molecule has 5 nitrogen and oxygen atoms in total. The van der Waals surface area contributed by atoms with Crippen molar-refractivity contribution in [3.8, 4) is 0 Å². The fourth-order valence-corrected chi connectivity index (χ4v) is 2.89. The van der Waals surface area contributed by atoms with Crippen LogP contribution in [0.25, 0.3) is 0 Å². The first-order valence-electron chi connectivity index (χ1n) is 9.20. The zero-order valence-electron chi connectivity index (χ0n) is 16.6. The monoisotopic (exact) mass is 386 g/mol. The number of nitrogens with zero attached hydrogens (tertiary/aromatic N) is 1. The summed E-state index contributed by atoms with van der Waals surface area (Å²) in [4.78, 5) is 39.2. The Labute approximate surface area is 170 Å². The van der Waals surface area contributed by atoms with Crippen LogP contribution in [-0.2, 0) is 0 Å². The molecule has 2 amide bonds. The number of carbonyl (C=O) groups is 3. The number of ketones is 1. The molecule has 0 aliphatic rings. The quantitative estimate of drug-likeness (QED) is 0.669. The van der Waals surface area contributed by atoms with E-state index in [0.29, 0.717) is 27.9 Å². The first kappa shape index (κ1) is 20.0. The Morgan fingerprint density at radius 2 is 1.28 bits per heavy atom. The second kappa shape index (κ2) is 8.52. The summed E-state index contributed by atoms with van der Waals surface area (Å²) in [6.07, 6.45) is 0. The average molecular weight is 386 g/mol. The minimum Gasteiger partial charge on any atom is -0.345 e. The number of rotatable bonds is 5. The van der Waals surface area contributed by atoms with Gasteiger partial charge in [0.25, 0.3) is 11.8 Å². The van der Waals surface area contributed by atoms with Crippen LogP contribution < -0.4 is 5.32 Å². The molecule has 0 fully saturated rings. The van der Waals surface area contributed by atoms with Crippen molar-refractivity contribution in [1.82, 2.24) is 4.90 Å². The van der Waals surface area contributed by atoms with Crippen molar-refractivity contribution in [2.75, 3.05) is 19.4 Å². The van der Waals surface area contributed by atoms with E-state index in [9.17, 15) is 14.4 Å². The molecule has 0 radical (unpaired) electrons. The van der Waals surface area contributed by atoms with Gasteiger partial charge in [0.05, 0.1) is 5.56 Å². The number of nitrogens with one attached hydrogen (secondary N) is 1. The molecule has 0 heterocycles. The van der Waals surface area contributed by atoms with Crippen molar-refractivity contribution in [1.29, 1.82) is 0 Å². The molecule has 0 unspecified atom stereocenters. The van der Waals surface area contributed by atoms with Crippen molar-refractivity contribution in [3.63, 3.8) is 0 Å². The van der Waals surface area contributed by atoms with Crippen molar-refractivity contribution in [2.45, 2.75) is 6.92 Å². The third-order valence-electron chi connectivity index (χ3n) is 4.53. The molecule has 1 N–H and O–H groups in total. The highest BCUT2D eigenvalue weighted by atomic mass is 16.2. The zero-order chi connectivity index (χ0) is 21.0. The van der Waals surface area contributed by atoms with Gasteiger partial charge in [-0.2, -0.15) is 0 Å². The molecule has 0 aromatic heterocycles. The van der Waals surface area contributed by atoms with Gasteiger partial charge in [-0.3, -0.25) is 14.4 Å². The molecule has 146 valence electrons. The summed E-state index contributed by atoms with van der Waals surface area (Å²) >= 11 is 0. The molecule has 0 aliphatic carbocycles. The van der Waals surface area contributed by atoms with Gasteiger partial charge in [0, 0.05) is 36.5 Å². The van der Waals surface area contributed by atoms with Gasteiger partial charge in [0.15, 0.2) is 5.78 Å². The highest BCUT2D eigenvalue weighted by Gasteiger charge is 2.18. The Hall–Kier alpha value is -3.73. The summed E-state index contributed by atoms with van der Waals surface area (Å²) in [7, 11) is 3.36. The minimum atomic E-state index is -0.382. The van der Waals surface area contributed by atoms with Crippen molar-refractivity contribution >= 4 is 23.3 Å². The van der Waals surface area contributed by atoms with Crippen LogP contribution in [0.5, 0.6) is 0 Å². The molecule has 29 heavy (non-hydrogen) atoms. The molecule has 0 saturated carbocycles. The highest BCUT2D eigenvalue weighted by Crippen LogP contribution is 2.18. The summed E-state index contributed by atoms with van der Waals surface area (Å²) < 4.78 is 0. The largest absolute Gasteiger partial charge is 0.345 e. The molecule has 0 spiro atoms. The van der Waals surface area contributed by atoms with Gasteiger partial charge in [0.1, 0.15) is 0 Å². The molecular formula is C24H22N2O3. The predicted molar refractivity (Wildman–Crippen MR) is 113 cm³/mol. The van der Waals surface area contributed by atoms with E-state index in [-0.39, 0.29) is 17.6 Å². The van der Waals surface area contributed by atoms with Crippen molar-refractivity contribution in [3.05, 3.63) is 101 Å². The molecule has 0 saturated heterocycles. The fourth-order valence-electron chi connectivity index (χ4n) is 2.89. The molecule has 0 atom stereocenters. The lowest BCUT2D eigenvalue weighted by Gasteiger charge is -2.12. The maximum absolute atomic E-state index is 12.9. The molecule has 5 heteroatoms. The SMILES string of the molecule is Cc1ccc(C(=O)c2ccccc2C(=O)Nc2ccc(C(=O)N(C)C)cc2)cc1. The normalized spacial score (nSPS) is 10.3. The van der Waals surface area contributed by atoms with Crippen LogP contribution in [0.1, 0.15) is 42.2 Å². The highest BCUT2D eigenvalue weighted by molar-refractivity contribution is 6.17. The standard InChI is InChI=1S/C24H22N2O3/c1-16-8-10-17(11-9-16)22(27)20-6-4-5-7-21(20)23(28)25-19-14-12-18(13-15-19)24(29)26(2)3/h4-15H,1-3H3,(H,25,28). The fraction of sp³-hybridized carbons (Fsp3) is 0.125. The maximum atomic E-state index is 12.9. The van der Waals surface area contributed by atoms with Crippen molar-refractivity contribution in [2.24, 2.45) is 0 Å². The topological polar surface area (TPSA) is 66.5 Å². The van der Waals surface area contributed by atoms with Crippen LogP contribution in [0.2, 0.25) is 0 Å². The lowest BCUT2D eigenvalue weighted by molar-refractivity contribution is 0.0827. The number of carbonyl (C=O) groups excluding carboxylic acids is 3. The maximum Gasteiger partial charge on any atom is 0.256 e. The number of anilines is 1. The summed E-state index contributed by atoms with van der Waals surface area (Å²) in [6, 6.07) is 20.6. The van der Waals surface area contributed by atoms with E-state index < -0.39 is 0 Å². The smallest absolute Gasteiger partial charge is 0.256 e. The molecule has 0 bridgehead atoms. The van der Waals surface area contributed by atoms with Crippen LogP contribution in [0.15, 0.2) is 72.8 Å². The van der Waals surface area contributed by atoms with Gasteiger partial charge in [-0.1, -0.05) is 48.0 Å². The number of benzene rings is 3. The van der Waals surface area contributed by atoms with E-state index in [1.807, 2.05) is 19.1 Å². The number of hydrogen-bond donors (Lipinski definition) is 1. The molecule has 3 rings (SSSR count). The van der Waals surface area contributed by atoms with E-state index in [4.69, 9.17) is 0 Å². The second-order valence-corrected chi connectivity index (χ2v) is 6.97. The van der Waals surface area contributed by atoms with E-state index >= 15 is 0 Å². The molecule has 3 aromatic carbocycles. The van der Waals surface area contributed by atoms with Crippen LogP contribution in [0.3, 0.4) is 0 Å². The molecule has 0 aliphatic heterocycles. The van der Waals surface area contributed by atoms with Gasteiger partial charge < -0.3 is 10.2 Å². The van der Waals surface area contributed by atoms with Crippen LogP contribution in [0, 0.1) is 6.92 Å². The van der Waals surface area contributed by atoms with Crippen LogP contribution >= 0.6 is 0 Å². The van der Waals surface area contributed by atoms with Gasteiger partial charge in [-0.15, -0.1) is 0 Å². The zero-order valence-corrected chi connectivity index (χ0v) is 16.6. The van der Waals surface area contributed by atoms with Crippen LogP contribution in [0.4, 0.5) is 5.69 Å². The summed E-state index contributed by atoms with van der Waals surface area (Å²) in [5.41, 5.74) is 3.30. The van der Waals surface area contributed by atoms with Crippen molar-refractivity contribution < 1.29 is 14.4 Å². The average Bonchev–Trinajstić information content (AvgIpc) is 2.73. The Morgan fingerprint density at radius 1 is 0.724 bits per heavy atom. The van der Waals surface area contributed by atoms with E-state index in [1.165, 1.54) is 4.90 Å².